The third-order valence-electron chi connectivity index (χ3n) is 5.58. The van der Waals surface area contributed by atoms with Gasteiger partial charge in [-0.1, -0.05) is 6.07 Å². The number of fused-ring (bicyclic) bond motifs is 1. The number of nitrogens with zero attached hydrogens (tertiary/aromatic N) is 2. The number of halogens is 3. The van der Waals surface area contributed by atoms with Crippen molar-refractivity contribution < 1.29 is 4.39 Å². The lowest BCUT2D eigenvalue weighted by molar-refractivity contribution is 0.186. The molecule has 1 saturated heterocycles. The molecule has 29 heavy (non-hydrogen) atoms. The summed E-state index contributed by atoms with van der Waals surface area (Å²) in [5, 5.41) is 6.71. The summed E-state index contributed by atoms with van der Waals surface area (Å²) in [6.45, 7) is 4.91. The van der Waals surface area contributed by atoms with E-state index in [0.717, 1.165) is 65.9 Å². The predicted molar refractivity (Wildman–Crippen MR) is 122 cm³/mol. The lowest BCUT2D eigenvalue weighted by Crippen LogP contribution is -2.44. The Morgan fingerprint density at radius 3 is 2.76 bits per heavy atom. The molecule has 4 rings (SSSR count). The Balaban J connectivity index is 1.21. The van der Waals surface area contributed by atoms with Crippen LogP contribution in [0.1, 0.15) is 18.4 Å². The molecule has 1 aromatic carbocycles. The van der Waals surface area contributed by atoms with E-state index in [1.807, 2.05) is 18.4 Å². The van der Waals surface area contributed by atoms with Crippen LogP contribution in [0.5, 0.6) is 0 Å². The van der Waals surface area contributed by atoms with Crippen molar-refractivity contribution in [2.75, 3.05) is 26.2 Å². The maximum Gasteiger partial charge on any atom is 0.141 e. The summed E-state index contributed by atoms with van der Waals surface area (Å²) in [6, 6.07) is 6.95. The van der Waals surface area contributed by atoms with E-state index in [9.17, 15) is 4.39 Å². The van der Waals surface area contributed by atoms with Gasteiger partial charge in [0.1, 0.15) is 5.83 Å². The fraction of sp³-hybridized carbons (Fsp3) is 0.364. The van der Waals surface area contributed by atoms with Gasteiger partial charge >= 0.3 is 0 Å². The highest BCUT2D eigenvalue weighted by atomic mass is 79.9. The Bertz CT molecular complexity index is 870. The van der Waals surface area contributed by atoms with Crippen LogP contribution in [0, 0.1) is 0 Å². The maximum absolute atomic E-state index is 13.6. The smallest absolute Gasteiger partial charge is 0.141 e. The summed E-state index contributed by atoms with van der Waals surface area (Å²) in [4.78, 5) is 4.63. The highest BCUT2D eigenvalue weighted by molar-refractivity contribution is 9.13. The van der Waals surface area contributed by atoms with Crippen molar-refractivity contribution in [3.05, 3.63) is 80.6 Å². The normalized spacial score (nSPS) is 20.0. The van der Waals surface area contributed by atoms with Crippen LogP contribution < -0.4 is 10.6 Å². The maximum atomic E-state index is 13.6. The number of allylic oxidation sites excluding steroid dienone is 4. The lowest BCUT2D eigenvalue weighted by atomic mass is 10.0. The summed E-state index contributed by atoms with van der Waals surface area (Å²) in [7, 11) is 0. The zero-order valence-corrected chi connectivity index (χ0v) is 19.3. The van der Waals surface area contributed by atoms with Gasteiger partial charge in [-0.15, -0.1) is 0 Å². The largest absolute Gasteiger partial charge is 0.357 e. The Kier molecular flexibility index (Phi) is 6.90. The topological polar surface area (TPSA) is 30.5 Å². The van der Waals surface area contributed by atoms with Crippen LogP contribution in [0.3, 0.4) is 0 Å². The first kappa shape index (κ1) is 20.8. The van der Waals surface area contributed by atoms with Crippen LogP contribution in [-0.2, 0) is 6.54 Å². The first-order valence-electron chi connectivity index (χ1n) is 9.97. The molecule has 154 valence electrons. The molecule has 3 heterocycles. The average Bonchev–Trinajstić information content (AvgIpc) is 2.74. The fourth-order valence-corrected chi connectivity index (χ4v) is 4.55. The molecule has 0 atom stereocenters. The van der Waals surface area contributed by atoms with Crippen molar-refractivity contribution in [2.45, 2.75) is 25.4 Å². The first-order valence-corrected chi connectivity index (χ1v) is 11.6. The van der Waals surface area contributed by atoms with Gasteiger partial charge in [0.25, 0.3) is 0 Å². The monoisotopic (exact) mass is 522 g/mol. The molecule has 7 heteroatoms. The van der Waals surface area contributed by atoms with Crippen LogP contribution in [0.15, 0.2) is 75.0 Å². The van der Waals surface area contributed by atoms with Gasteiger partial charge in [0.2, 0.25) is 0 Å². The van der Waals surface area contributed by atoms with Crippen LogP contribution in [0.4, 0.5) is 4.39 Å². The molecule has 2 N–H and O–H groups in total. The third kappa shape index (κ3) is 5.40. The summed E-state index contributed by atoms with van der Waals surface area (Å²) in [6.07, 6.45) is 11.3. The Hall–Kier alpha value is -1.41. The van der Waals surface area contributed by atoms with E-state index in [1.165, 1.54) is 11.8 Å². The molecule has 4 nitrogen and oxygen atoms in total. The molecule has 3 aliphatic heterocycles. The molecule has 0 aromatic heterocycles. The number of benzene rings is 1. The Morgan fingerprint density at radius 1 is 1.14 bits per heavy atom. The van der Waals surface area contributed by atoms with Gasteiger partial charge < -0.3 is 20.4 Å². The molecular formula is C22H25Br2FN4. The summed E-state index contributed by atoms with van der Waals surface area (Å²) < 4.78 is 15.8. The van der Waals surface area contributed by atoms with Crippen molar-refractivity contribution in [1.29, 1.82) is 0 Å². The number of hydrogen-bond donors (Lipinski definition) is 2. The quantitative estimate of drug-likeness (QED) is 0.562. The zero-order valence-electron chi connectivity index (χ0n) is 16.2. The SMILES string of the molecule is FC1=CNC2=CC=CN(CCN3CCC(NCc4ccc(Br)c(Br)c4)CC3)C2=C1. The number of dihydropyridines is 1. The lowest BCUT2D eigenvalue weighted by Gasteiger charge is -2.35. The van der Waals surface area contributed by atoms with E-state index >= 15 is 0 Å². The second kappa shape index (κ2) is 9.60. The molecule has 0 spiro atoms. The zero-order chi connectivity index (χ0) is 20.2. The minimum atomic E-state index is -0.234. The van der Waals surface area contributed by atoms with Gasteiger partial charge in [0.05, 0.1) is 11.4 Å². The summed E-state index contributed by atoms with van der Waals surface area (Å²) in [5.41, 5.74) is 3.15. The minimum Gasteiger partial charge on any atom is -0.357 e. The van der Waals surface area contributed by atoms with Gasteiger partial charge in [-0.2, -0.15) is 0 Å². The Labute approximate surface area is 188 Å². The standard InChI is InChI=1S/C22H25Br2FN4/c23-19-4-3-16(12-20(19)24)14-26-18-5-8-28(9-6-18)10-11-29-7-1-2-21-22(29)13-17(25)15-27-21/h1-4,7,12-13,15,18,26-27H,5-6,8-11,14H2. The van der Waals surface area contributed by atoms with E-state index in [2.05, 4.69) is 70.5 Å². The molecule has 1 aromatic rings. The average molecular weight is 524 g/mol. The van der Waals surface area contributed by atoms with E-state index in [-0.39, 0.29) is 5.83 Å². The fourth-order valence-electron chi connectivity index (χ4n) is 3.88. The minimum absolute atomic E-state index is 0.234. The molecule has 0 amide bonds. The van der Waals surface area contributed by atoms with Crippen LogP contribution in [0.2, 0.25) is 0 Å². The second-order valence-electron chi connectivity index (χ2n) is 7.56. The molecule has 0 saturated carbocycles. The molecule has 3 aliphatic rings. The number of hydrogen-bond acceptors (Lipinski definition) is 4. The summed E-state index contributed by atoms with van der Waals surface area (Å²) >= 11 is 7.09. The molecule has 0 unspecified atom stereocenters. The highest BCUT2D eigenvalue weighted by Crippen LogP contribution is 2.25. The van der Waals surface area contributed by atoms with Crippen LogP contribution in [-0.4, -0.2) is 42.0 Å². The van der Waals surface area contributed by atoms with Gasteiger partial charge in [-0.05, 0) is 87.6 Å². The second-order valence-corrected chi connectivity index (χ2v) is 9.27. The van der Waals surface area contributed by atoms with Crippen molar-refractivity contribution in [3.63, 3.8) is 0 Å². The van der Waals surface area contributed by atoms with E-state index in [4.69, 9.17) is 0 Å². The Morgan fingerprint density at radius 2 is 1.97 bits per heavy atom. The highest BCUT2D eigenvalue weighted by Gasteiger charge is 2.22. The van der Waals surface area contributed by atoms with Crippen LogP contribution >= 0.6 is 31.9 Å². The van der Waals surface area contributed by atoms with Crippen LogP contribution in [0.25, 0.3) is 0 Å². The molecular weight excluding hydrogens is 499 g/mol. The summed E-state index contributed by atoms with van der Waals surface area (Å²) in [5.74, 6) is -0.234. The number of rotatable bonds is 6. The van der Waals surface area contributed by atoms with Crippen molar-refractivity contribution >= 4 is 31.9 Å². The number of nitrogens with one attached hydrogen (secondary N) is 2. The molecule has 0 radical (unpaired) electrons. The van der Waals surface area contributed by atoms with E-state index in [0.29, 0.717) is 6.04 Å². The third-order valence-corrected chi connectivity index (χ3v) is 7.46. The predicted octanol–water partition coefficient (Wildman–Crippen LogP) is 4.78. The van der Waals surface area contributed by atoms with Gasteiger partial charge in [-0.25, -0.2) is 4.39 Å². The van der Waals surface area contributed by atoms with E-state index < -0.39 is 0 Å². The first-order chi connectivity index (χ1) is 14.1. The molecule has 0 aliphatic carbocycles. The molecule has 0 bridgehead atoms. The van der Waals surface area contributed by atoms with Gasteiger partial charge in [-0.3, -0.25) is 0 Å². The molecule has 1 fully saturated rings. The van der Waals surface area contributed by atoms with E-state index in [1.54, 1.807) is 6.08 Å². The van der Waals surface area contributed by atoms with Gasteiger partial charge in [0.15, 0.2) is 0 Å². The van der Waals surface area contributed by atoms with Gasteiger partial charge in [0, 0.05) is 53.1 Å². The van der Waals surface area contributed by atoms with Crippen molar-refractivity contribution in [1.82, 2.24) is 20.4 Å². The number of likely N-dealkylation sites (tertiary alicyclic amines) is 1. The van der Waals surface area contributed by atoms with Crippen molar-refractivity contribution in [3.8, 4) is 0 Å². The number of piperidine rings is 1. The van der Waals surface area contributed by atoms with Crippen molar-refractivity contribution in [2.24, 2.45) is 0 Å².